The summed E-state index contributed by atoms with van der Waals surface area (Å²) in [5.41, 5.74) is -0.145. The molecule has 0 fully saturated rings. The van der Waals surface area contributed by atoms with Gasteiger partial charge in [-0.1, -0.05) is 0 Å². The zero-order chi connectivity index (χ0) is 17.4. The molecule has 0 aromatic carbocycles. The number of hydrogen-bond donors (Lipinski definition) is 0. The Morgan fingerprint density at radius 2 is 2.09 bits per heavy atom. The van der Waals surface area contributed by atoms with Crippen LogP contribution in [-0.4, -0.2) is 32.6 Å². The molecule has 0 unspecified atom stereocenters. The molecule has 2 heterocycles. The third-order valence-electron chi connectivity index (χ3n) is 3.52. The van der Waals surface area contributed by atoms with Crippen molar-refractivity contribution in [1.82, 2.24) is 19.7 Å². The van der Waals surface area contributed by atoms with Crippen LogP contribution >= 0.6 is 11.3 Å². The quantitative estimate of drug-likeness (QED) is 0.854. The van der Waals surface area contributed by atoms with Gasteiger partial charge in [0.2, 0.25) is 5.91 Å². The van der Waals surface area contributed by atoms with Crippen molar-refractivity contribution >= 4 is 17.2 Å². The van der Waals surface area contributed by atoms with Crippen molar-refractivity contribution in [1.29, 1.82) is 0 Å². The lowest BCUT2D eigenvalue weighted by atomic mass is 10.2. The molecule has 23 heavy (non-hydrogen) atoms. The number of aromatic nitrogens is 3. The number of carbonyl (C=O) groups excluding carboxylic acids is 1. The number of thiazole rings is 1. The van der Waals surface area contributed by atoms with Crippen LogP contribution < -0.4 is 0 Å². The zero-order valence-electron chi connectivity index (χ0n) is 13.2. The van der Waals surface area contributed by atoms with Gasteiger partial charge < -0.3 is 4.90 Å². The number of aryl methyl sites for hydroxylation is 2. The first kappa shape index (κ1) is 17.5. The second kappa shape index (κ2) is 6.31. The molecule has 0 aliphatic rings. The first-order chi connectivity index (χ1) is 10.6. The minimum absolute atomic E-state index is 0.202. The van der Waals surface area contributed by atoms with E-state index in [0.717, 1.165) is 32.5 Å². The lowest BCUT2D eigenvalue weighted by Gasteiger charge is -2.24. The van der Waals surface area contributed by atoms with Crippen LogP contribution in [-0.2, 0) is 17.5 Å². The first-order valence-electron chi connectivity index (χ1n) is 6.90. The van der Waals surface area contributed by atoms with E-state index in [4.69, 9.17) is 0 Å². The summed E-state index contributed by atoms with van der Waals surface area (Å²) in [5.74, 6) is -0.320. The average Bonchev–Trinajstić information content (AvgIpc) is 3.03. The van der Waals surface area contributed by atoms with E-state index in [0.29, 0.717) is 0 Å². The Balaban J connectivity index is 2.08. The molecule has 9 heteroatoms. The van der Waals surface area contributed by atoms with E-state index in [2.05, 4.69) is 10.1 Å². The highest BCUT2D eigenvalue weighted by molar-refractivity contribution is 7.11. The number of likely N-dealkylation sites (N-methyl/N-ethyl adjacent to an activating group) is 1. The molecule has 1 atom stereocenters. The molecular formula is C14H17F3N4OS. The van der Waals surface area contributed by atoms with E-state index < -0.39 is 11.9 Å². The Hall–Kier alpha value is -1.90. The number of hydrogen-bond acceptors (Lipinski definition) is 4. The summed E-state index contributed by atoms with van der Waals surface area (Å²) >= 11 is 1.51. The Labute approximate surface area is 135 Å². The Bertz CT molecular complexity index is 707. The number of halogens is 3. The molecule has 0 saturated carbocycles. The Morgan fingerprint density at radius 1 is 1.43 bits per heavy atom. The number of rotatable bonds is 4. The van der Waals surface area contributed by atoms with Gasteiger partial charge in [-0.25, -0.2) is 4.98 Å². The molecule has 2 rings (SSSR count). The lowest BCUT2D eigenvalue weighted by Crippen LogP contribution is -2.32. The van der Waals surface area contributed by atoms with Crippen LogP contribution in [0.1, 0.15) is 34.2 Å². The van der Waals surface area contributed by atoms with Crippen LogP contribution in [0.3, 0.4) is 0 Å². The summed E-state index contributed by atoms with van der Waals surface area (Å²) in [6.45, 7) is 5.38. The molecule has 2 aromatic rings. The van der Waals surface area contributed by atoms with Gasteiger partial charge in [0.15, 0.2) is 5.69 Å². The van der Waals surface area contributed by atoms with E-state index >= 15 is 0 Å². The van der Waals surface area contributed by atoms with Gasteiger partial charge >= 0.3 is 6.18 Å². The molecule has 0 spiro atoms. The summed E-state index contributed by atoms with van der Waals surface area (Å²) in [5, 5.41) is 4.30. The monoisotopic (exact) mass is 346 g/mol. The predicted octanol–water partition coefficient (Wildman–Crippen LogP) is 3.19. The highest BCUT2D eigenvalue weighted by Crippen LogP contribution is 2.29. The van der Waals surface area contributed by atoms with Crippen molar-refractivity contribution in [2.45, 2.75) is 39.5 Å². The second-order valence-corrected chi connectivity index (χ2v) is 6.49. The molecule has 0 radical (unpaired) electrons. The van der Waals surface area contributed by atoms with Crippen LogP contribution in [0.2, 0.25) is 0 Å². The van der Waals surface area contributed by atoms with Crippen molar-refractivity contribution in [2.75, 3.05) is 7.05 Å². The fraction of sp³-hybridized carbons (Fsp3) is 0.500. The van der Waals surface area contributed by atoms with Crippen LogP contribution in [0.25, 0.3) is 0 Å². The fourth-order valence-corrected chi connectivity index (χ4v) is 3.20. The van der Waals surface area contributed by atoms with Crippen LogP contribution in [0, 0.1) is 13.8 Å². The van der Waals surface area contributed by atoms with Gasteiger partial charge in [0, 0.05) is 18.1 Å². The standard InChI is InChI=1S/C14H17F3N4OS/c1-8-13(23-10(3)18-8)9(2)20(4)12(22)7-21-6-5-11(19-21)14(15,16)17/h5-6,9H,7H2,1-4H3/t9-/m0/s1. The number of carbonyl (C=O) groups is 1. The number of alkyl halides is 3. The van der Waals surface area contributed by atoms with Crippen molar-refractivity contribution in [3.8, 4) is 0 Å². The minimum atomic E-state index is -4.51. The predicted molar refractivity (Wildman–Crippen MR) is 80.0 cm³/mol. The summed E-state index contributed by atoms with van der Waals surface area (Å²) in [7, 11) is 1.62. The fourth-order valence-electron chi connectivity index (χ4n) is 2.18. The van der Waals surface area contributed by atoms with Crippen LogP contribution in [0.15, 0.2) is 12.3 Å². The third kappa shape index (κ3) is 3.90. The van der Waals surface area contributed by atoms with Gasteiger partial charge in [-0.3, -0.25) is 9.48 Å². The maximum Gasteiger partial charge on any atom is 0.435 e. The van der Waals surface area contributed by atoms with E-state index in [1.54, 1.807) is 7.05 Å². The summed E-state index contributed by atoms with van der Waals surface area (Å²) in [6.07, 6.45) is -3.36. The maximum absolute atomic E-state index is 12.5. The second-order valence-electron chi connectivity index (χ2n) is 5.26. The van der Waals surface area contributed by atoms with Gasteiger partial charge in [-0.15, -0.1) is 11.3 Å². The van der Waals surface area contributed by atoms with Gasteiger partial charge in [0.1, 0.15) is 6.54 Å². The van der Waals surface area contributed by atoms with Gasteiger partial charge in [-0.2, -0.15) is 18.3 Å². The third-order valence-corrected chi connectivity index (χ3v) is 4.76. The van der Waals surface area contributed by atoms with Gasteiger partial charge in [0.25, 0.3) is 0 Å². The molecule has 0 aliphatic carbocycles. The summed E-state index contributed by atoms with van der Waals surface area (Å²) in [4.78, 5) is 19.1. The highest BCUT2D eigenvalue weighted by atomic mass is 32.1. The van der Waals surface area contributed by atoms with E-state index in [-0.39, 0.29) is 18.5 Å². The van der Waals surface area contributed by atoms with Gasteiger partial charge in [0.05, 0.1) is 16.7 Å². The number of amides is 1. The van der Waals surface area contributed by atoms with Crippen LogP contribution in [0.4, 0.5) is 13.2 Å². The molecule has 0 N–H and O–H groups in total. The summed E-state index contributed by atoms with van der Waals surface area (Å²) < 4.78 is 38.5. The molecule has 0 saturated heterocycles. The van der Waals surface area contributed by atoms with E-state index in [1.807, 2.05) is 20.8 Å². The van der Waals surface area contributed by atoms with Crippen molar-refractivity contribution in [3.63, 3.8) is 0 Å². The maximum atomic E-state index is 12.5. The first-order valence-corrected chi connectivity index (χ1v) is 7.71. The van der Waals surface area contributed by atoms with Gasteiger partial charge in [-0.05, 0) is 26.8 Å². The molecule has 126 valence electrons. The molecule has 5 nitrogen and oxygen atoms in total. The molecule has 0 aliphatic heterocycles. The number of nitrogens with zero attached hydrogens (tertiary/aromatic N) is 4. The van der Waals surface area contributed by atoms with Crippen molar-refractivity contribution < 1.29 is 18.0 Å². The zero-order valence-corrected chi connectivity index (χ0v) is 14.0. The largest absolute Gasteiger partial charge is 0.435 e. The van der Waals surface area contributed by atoms with Crippen LogP contribution in [0.5, 0.6) is 0 Å². The normalized spacial score (nSPS) is 13.2. The Kier molecular flexibility index (Phi) is 4.79. The lowest BCUT2D eigenvalue weighted by molar-refractivity contribution is -0.142. The minimum Gasteiger partial charge on any atom is -0.337 e. The summed E-state index contributed by atoms with van der Waals surface area (Å²) in [6, 6.07) is 0.652. The molecule has 0 bridgehead atoms. The average molecular weight is 346 g/mol. The molecule has 2 aromatic heterocycles. The van der Waals surface area contributed by atoms with E-state index in [1.165, 1.54) is 16.2 Å². The van der Waals surface area contributed by atoms with E-state index in [9.17, 15) is 18.0 Å². The SMILES string of the molecule is Cc1nc(C)c([C@H](C)N(C)C(=O)Cn2ccc(C(F)(F)F)n2)s1. The highest BCUT2D eigenvalue weighted by Gasteiger charge is 2.33. The van der Waals surface area contributed by atoms with Crippen molar-refractivity contribution in [2.24, 2.45) is 0 Å². The topological polar surface area (TPSA) is 51.0 Å². The smallest absolute Gasteiger partial charge is 0.337 e. The van der Waals surface area contributed by atoms with Crippen molar-refractivity contribution in [3.05, 3.63) is 33.5 Å². The molecule has 1 amide bonds. The molecular weight excluding hydrogens is 329 g/mol. The Morgan fingerprint density at radius 3 is 2.57 bits per heavy atom.